The lowest BCUT2D eigenvalue weighted by Gasteiger charge is -2.35. The van der Waals surface area contributed by atoms with Crippen molar-refractivity contribution in [1.82, 2.24) is 10.2 Å². The zero-order valence-electron chi connectivity index (χ0n) is 17.2. The number of nitrogens with zero attached hydrogens (tertiary/aromatic N) is 1. The minimum Gasteiger partial charge on any atom is -0.497 e. The molecule has 0 radical (unpaired) electrons. The molecule has 3 rings (SSSR count). The molecule has 6 nitrogen and oxygen atoms in total. The standard InChI is InChI=1S/C23H29N3O3/c1-15(2)22(16-8-10-19(29-3)11-9-16)25-21(27)14-26-13-18-7-5-4-6-17(18)12-20(26)23(24)28/h4-11,15,20,22H,12-14H2,1-3H3,(H2,24,28)(H,25,27). The van der Waals surface area contributed by atoms with Gasteiger partial charge in [-0.3, -0.25) is 14.5 Å². The van der Waals surface area contributed by atoms with Crippen LogP contribution in [0.2, 0.25) is 0 Å². The van der Waals surface area contributed by atoms with Crippen molar-refractivity contribution in [1.29, 1.82) is 0 Å². The Morgan fingerprint density at radius 2 is 1.79 bits per heavy atom. The zero-order chi connectivity index (χ0) is 21.0. The molecule has 2 unspecified atom stereocenters. The molecular formula is C23H29N3O3. The summed E-state index contributed by atoms with van der Waals surface area (Å²) >= 11 is 0. The van der Waals surface area contributed by atoms with E-state index in [9.17, 15) is 9.59 Å². The van der Waals surface area contributed by atoms with E-state index in [-0.39, 0.29) is 24.4 Å². The van der Waals surface area contributed by atoms with E-state index in [0.717, 1.165) is 22.4 Å². The number of hydrogen-bond donors (Lipinski definition) is 2. The van der Waals surface area contributed by atoms with Gasteiger partial charge < -0.3 is 15.8 Å². The first-order valence-corrected chi connectivity index (χ1v) is 9.92. The normalized spacial score (nSPS) is 17.4. The van der Waals surface area contributed by atoms with Crippen LogP contribution in [0, 0.1) is 5.92 Å². The van der Waals surface area contributed by atoms with Gasteiger partial charge in [0.25, 0.3) is 0 Å². The number of benzene rings is 2. The first kappa shape index (κ1) is 20.9. The summed E-state index contributed by atoms with van der Waals surface area (Å²) in [6.07, 6.45) is 0.533. The molecule has 0 spiro atoms. The SMILES string of the molecule is COc1ccc(C(NC(=O)CN2Cc3ccccc3CC2C(N)=O)C(C)C)cc1. The molecule has 1 aliphatic rings. The highest BCUT2D eigenvalue weighted by Gasteiger charge is 2.31. The van der Waals surface area contributed by atoms with Crippen molar-refractivity contribution >= 4 is 11.8 Å². The van der Waals surface area contributed by atoms with Crippen LogP contribution in [-0.2, 0) is 22.6 Å². The molecule has 1 heterocycles. The fraction of sp³-hybridized carbons (Fsp3) is 0.391. The van der Waals surface area contributed by atoms with Gasteiger partial charge in [0, 0.05) is 6.54 Å². The number of nitrogens with one attached hydrogen (secondary N) is 1. The molecule has 2 amide bonds. The highest BCUT2D eigenvalue weighted by molar-refractivity contribution is 5.83. The summed E-state index contributed by atoms with van der Waals surface area (Å²) in [4.78, 5) is 26.7. The highest BCUT2D eigenvalue weighted by Crippen LogP contribution is 2.25. The van der Waals surface area contributed by atoms with E-state index in [4.69, 9.17) is 10.5 Å². The van der Waals surface area contributed by atoms with Gasteiger partial charge in [-0.05, 0) is 41.2 Å². The zero-order valence-corrected chi connectivity index (χ0v) is 17.2. The van der Waals surface area contributed by atoms with E-state index in [1.165, 1.54) is 0 Å². The number of methoxy groups -OCH3 is 1. The second-order valence-electron chi connectivity index (χ2n) is 7.86. The Hall–Kier alpha value is -2.86. The first-order valence-electron chi connectivity index (χ1n) is 9.92. The number of nitrogens with two attached hydrogens (primary N) is 1. The summed E-state index contributed by atoms with van der Waals surface area (Å²) in [6, 6.07) is 15.1. The number of fused-ring (bicyclic) bond motifs is 1. The van der Waals surface area contributed by atoms with Crippen LogP contribution in [-0.4, -0.2) is 36.4 Å². The van der Waals surface area contributed by atoms with Gasteiger partial charge in [-0.25, -0.2) is 0 Å². The Bertz CT molecular complexity index is 864. The lowest BCUT2D eigenvalue weighted by molar-refractivity contribution is -0.128. The van der Waals surface area contributed by atoms with Crippen molar-refractivity contribution in [2.24, 2.45) is 11.7 Å². The summed E-state index contributed by atoms with van der Waals surface area (Å²) in [6.45, 7) is 4.80. The third-order valence-electron chi connectivity index (χ3n) is 5.48. The Balaban J connectivity index is 1.72. The minimum absolute atomic E-state index is 0.120. The Labute approximate surface area is 172 Å². The molecule has 2 aromatic rings. The molecule has 0 aliphatic carbocycles. The Morgan fingerprint density at radius 1 is 1.14 bits per heavy atom. The maximum absolute atomic E-state index is 12.9. The number of amides is 2. The predicted molar refractivity (Wildman–Crippen MR) is 112 cm³/mol. The third kappa shape index (κ3) is 4.95. The monoisotopic (exact) mass is 395 g/mol. The number of carbonyl (C=O) groups excluding carboxylic acids is 2. The third-order valence-corrected chi connectivity index (χ3v) is 5.48. The summed E-state index contributed by atoms with van der Waals surface area (Å²) in [5.74, 6) is 0.466. The van der Waals surface area contributed by atoms with Gasteiger partial charge in [-0.15, -0.1) is 0 Å². The van der Waals surface area contributed by atoms with Crippen LogP contribution >= 0.6 is 0 Å². The van der Waals surface area contributed by atoms with Gasteiger partial charge in [0.05, 0.1) is 25.7 Å². The molecule has 2 atom stereocenters. The van der Waals surface area contributed by atoms with Gasteiger partial charge in [0.15, 0.2) is 0 Å². The smallest absolute Gasteiger partial charge is 0.235 e. The second kappa shape index (κ2) is 9.09. The van der Waals surface area contributed by atoms with E-state index < -0.39 is 11.9 Å². The Kier molecular flexibility index (Phi) is 6.54. The maximum atomic E-state index is 12.9. The van der Waals surface area contributed by atoms with Crippen molar-refractivity contribution < 1.29 is 14.3 Å². The van der Waals surface area contributed by atoms with Gasteiger partial charge >= 0.3 is 0 Å². The number of ether oxygens (including phenoxy) is 1. The summed E-state index contributed by atoms with van der Waals surface area (Å²) < 4.78 is 5.22. The van der Waals surface area contributed by atoms with Gasteiger partial charge in [-0.2, -0.15) is 0 Å². The summed E-state index contributed by atoms with van der Waals surface area (Å²) in [5, 5.41) is 3.13. The quantitative estimate of drug-likeness (QED) is 0.754. The number of primary amides is 1. The molecular weight excluding hydrogens is 366 g/mol. The minimum atomic E-state index is -0.478. The molecule has 2 aromatic carbocycles. The van der Waals surface area contributed by atoms with E-state index in [1.807, 2.05) is 53.4 Å². The van der Waals surface area contributed by atoms with Crippen LogP contribution in [0.5, 0.6) is 5.75 Å². The van der Waals surface area contributed by atoms with Gasteiger partial charge in [0.1, 0.15) is 5.75 Å². The molecule has 1 aliphatic heterocycles. The van der Waals surface area contributed by atoms with Crippen molar-refractivity contribution in [3.63, 3.8) is 0 Å². The van der Waals surface area contributed by atoms with Crippen molar-refractivity contribution in [3.05, 3.63) is 65.2 Å². The average molecular weight is 396 g/mol. The molecule has 0 aromatic heterocycles. The maximum Gasteiger partial charge on any atom is 0.235 e. The molecule has 154 valence electrons. The van der Waals surface area contributed by atoms with Crippen LogP contribution in [0.4, 0.5) is 0 Å². The average Bonchev–Trinajstić information content (AvgIpc) is 2.71. The largest absolute Gasteiger partial charge is 0.497 e. The van der Waals surface area contributed by atoms with Gasteiger partial charge in [0.2, 0.25) is 11.8 Å². The molecule has 0 bridgehead atoms. The van der Waals surface area contributed by atoms with Crippen LogP contribution < -0.4 is 15.8 Å². The molecule has 6 heteroatoms. The van der Waals surface area contributed by atoms with E-state index in [1.54, 1.807) is 7.11 Å². The van der Waals surface area contributed by atoms with Crippen LogP contribution in [0.3, 0.4) is 0 Å². The van der Waals surface area contributed by atoms with E-state index in [2.05, 4.69) is 19.2 Å². The molecule has 0 saturated heterocycles. The highest BCUT2D eigenvalue weighted by atomic mass is 16.5. The lowest BCUT2D eigenvalue weighted by Crippen LogP contribution is -2.52. The molecule has 29 heavy (non-hydrogen) atoms. The molecule has 3 N–H and O–H groups in total. The van der Waals surface area contributed by atoms with Crippen molar-refractivity contribution in [3.8, 4) is 5.75 Å². The topological polar surface area (TPSA) is 84.7 Å². The number of rotatable bonds is 7. The van der Waals surface area contributed by atoms with E-state index in [0.29, 0.717) is 13.0 Å². The fourth-order valence-electron chi connectivity index (χ4n) is 3.87. The predicted octanol–water partition coefficient (Wildman–Crippen LogP) is 2.42. The number of hydrogen-bond acceptors (Lipinski definition) is 4. The van der Waals surface area contributed by atoms with Crippen LogP contribution in [0.1, 0.15) is 36.6 Å². The fourth-order valence-corrected chi connectivity index (χ4v) is 3.87. The molecule has 0 fully saturated rings. The van der Waals surface area contributed by atoms with Crippen molar-refractivity contribution in [2.75, 3.05) is 13.7 Å². The molecule has 0 saturated carbocycles. The van der Waals surface area contributed by atoms with Crippen LogP contribution in [0.25, 0.3) is 0 Å². The number of carbonyl (C=O) groups is 2. The first-order chi connectivity index (χ1) is 13.9. The van der Waals surface area contributed by atoms with Crippen LogP contribution in [0.15, 0.2) is 48.5 Å². The Morgan fingerprint density at radius 3 is 2.38 bits per heavy atom. The second-order valence-corrected chi connectivity index (χ2v) is 7.86. The van der Waals surface area contributed by atoms with E-state index >= 15 is 0 Å². The summed E-state index contributed by atoms with van der Waals surface area (Å²) in [7, 11) is 1.63. The lowest BCUT2D eigenvalue weighted by atomic mass is 9.93. The van der Waals surface area contributed by atoms with Crippen molar-refractivity contribution in [2.45, 2.75) is 38.9 Å². The van der Waals surface area contributed by atoms with Gasteiger partial charge in [-0.1, -0.05) is 50.2 Å². The summed E-state index contributed by atoms with van der Waals surface area (Å²) in [5.41, 5.74) is 8.90.